The summed E-state index contributed by atoms with van der Waals surface area (Å²) >= 11 is 0. The van der Waals surface area contributed by atoms with Gasteiger partial charge in [0.15, 0.2) is 0 Å². The molecule has 2 aromatic rings. The first-order valence-electron chi connectivity index (χ1n) is 9.41. The molecule has 3 heterocycles. The van der Waals surface area contributed by atoms with Crippen molar-refractivity contribution >= 4 is 11.8 Å². The lowest BCUT2D eigenvalue weighted by Gasteiger charge is -2.33. The monoisotopic (exact) mass is 370 g/mol. The van der Waals surface area contributed by atoms with Crippen LogP contribution >= 0.6 is 0 Å². The first-order chi connectivity index (χ1) is 12.9. The molecule has 0 radical (unpaired) electrons. The van der Waals surface area contributed by atoms with E-state index in [9.17, 15) is 4.79 Å². The molecular formula is C21H30N4O2. The molecule has 0 aromatic carbocycles. The molecule has 1 N–H and O–H groups in total. The van der Waals surface area contributed by atoms with E-state index in [1.807, 2.05) is 51.2 Å². The molecule has 1 saturated heterocycles. The molecule has 6 nitrogen and oxygen atoms in total. The summed E-state index contributed by atoms with van der Waals surface area (Å²) in [6.45, 7) is 8.32. The van der Waals surface area contributed by atoms with Crippen LogP contribution in [0.1, 0.15) is 33.6 Å². The van der Waals surface area contributed by atoms with Crippen molar-refractivity contribution in [2.75, 3.05) is 24.5 Å². The number of nitrogens with one attached hydrogen (secondary N) is 1. The van der Waals surface area contributed by atoms with Crippen LogP contribution in [0.15, 0.2) is 55.1 Å². The van der Waals surface area contributed by atoms with E-state index < -0.39 is 5.60 Å². The quantitative estimate of drug-likeness (QED) is 0.887. The van der Waals surface area contributed by atoms with E-state index in [-0.39, 0.29) is 6.09 Å². The van der Waals surface area contributed by atoms with Crippen LogP contribution in [0.3, 0.4) is 0 Å². The maximum absolute atomic E-state index is 11.6. The third-order valence-corrected chi connectivity index (χ3v) is 4.13. The maximum atomic E-state index is 11.6. The van der Waals surface area contributed by atoms with Gasteiger partial charge in [0.1, 0.15) is 5.60 Å². The van der Waals surface area contributed by atoms with Crippen LogP contribution in [0.25, 0.3) is 0 Å². The summed E-state index contributed by atoms with van der Waals surface area (Å²) in [6.07, 6.45) is 9.02. The standard InChI is InChI=1S/C16H25N3O2.C5H5N/c1-16(2,3)21-15(20)18-11-13-6-9-19(10-7-13)14-5-4-8-17-12-14;1-2-4-6-5-3-1/h4-5,8,12-13H,6-7,9-11H2,1-3H3,(H,18,20);1-5H. The lowest BCUT2D eigenvalue weighted by Crippen LogP contribution is -2.40. The number of alkyl carbamates (subject to hydrolysis) is 1. The number of hydrogen-bond donors (Lipinski definition) is 1. The second-order valence-electron chi connectivity index (χ2n) is 7.55. The fourth-order valence-electron chi connectivity index (χ4n) is 2.79. The number of nitrogens with zero attached hydrogens (tertiary/aromatic N) is 3. The zero-order chi connectivity index (χ0) is 19.5. The maximum Gasteiger partial charge on any atom is 0.407 e. The molecule has 0 saturated carbocycles. The third-order valence-electron chi connectivity index (χ3n) is 4.13. The van der Waals surface area contributed by atoms with Crippen LogP contribution in [0.4, 0.5) is 10.5 Å². The smallest absolute Gasteiger partial charge is 0.407 e. The Morgan fingerprint density at radius 1 is 1.11 bits per heavy atom. The van der Waals surface area contributed by atoms with E-state index >= 15 is 0 Å². The zero-order valence-corrected chi connectivity index (χ0v) is 16.5. The van der Waals surface area contributed by atoms with Crippen molar-refractivity contribution < 1.29 is 9.53 Å². The van der Waals surface area contributed by atoms with Crippen molar-refractivity contribution in [3.63, 3.8) is 0 Å². The number of carbonyl (C=O) groups is 1. The topological polar surface area (TPSA) is 67.3 Å². The summed E-state index contributed by atoms with van der Waals surface area (Å²) in [7, 11) is 0. The second-order valence-corrected chi connectivity index (χ2v) is 7.55. The van der Waals surface area contributed by atoms with Crippen molar-refractivity contribution in [2.24, 2.45) is 5.92 Å². The molecule has 0 spiro atoms. The third kappa shape index (κ3) is 8.53. The molecular weight excluding hydrogens is 340 g/mol. The Morgan fingerprint density at radius 2 is 1.78 bits per heavy atom. The van der Waals surface area contributed by atoms with Gasteiger partial charge in [-0.05, 0) is 63.8 Å². The average molecular weight is 370 g/mol. The molecule has 2 aromatic heterocycles. The molecule has 1 aliphatic rings. The number of piperidine rings is 1. The van der Waals surface area contributed by atoms with E-state index in [4.69, 9.17) is 4.74 Å². The van der Waals surface area contributed by atoms with E-state index in [1.54, 1.807) is 18.6 Å². The number of anilines is 1. The van der Waals surface area contributed by atoms with Crippen LogP contribution < -0.4 is 10.2 Å². The molecule has 146 valence electrons. The summed E-state index contributed by atoms with van der Waals surface area (Å²) in [5, 5.41) is 2.87. The van der Waals surface area contributed by atoms with Gasteiger partial charge < -0.3 is 15.0 Å². The first-order valence-corrected chi connectivity index (χ1v) is 9.41. The van der Waals surface area contributed by atoms with Gasteiger partial charge in [0.2, 0.25) is 0 Å². The molecule has 0 atom stereocenters. The second kappa shape index (κ2) is 10.5. The molecule has 1 fully saturated rings. The van der Waals surface area contributed by atoms with Gasteiger partial charge in [0.25, 0.3) is 0 Å². The van der Waals surface area contributed by atoms with Crippen LogP contribution in [0, 0.1) is 5.92 Å². The number of amides is 1. The van der Waals surface area contributed by atoms with Crippen molar-refractivity contribution in [1.82, 2.24) is 15.3 Å². The largest absolute Gasteiger partial charge is 0.444 e. The van der Waals surface area contributed by atoms with Gasteiger partial charge in [0.05, 0.1) is 11.9 Å². The molecule has 0 unspecified atom stereocenters. The summed E-state index contributed by atoms with van der Waals surface area (Å²) < 4.78 is 5.25. The van der Waals surface area contributed by atoms with E-state index in [0.29, 0.717) is 12.5 Å². The molecule has 6 heteroatoms. The zero-order valence-electron chi connectivity index (χ0n) is 16.5. The Kier molecular flexibility index (Phi) is 8.04. The van der Waals surface area contributed by atoms with Gasteiger partial charge in [-0.15, -0.1) is 0 Å². The highest BCUT2D eigenvalue weighted by Gasteiger charge is 2.21. The minimum atomic E-state index is -0.437. The Labute approximate surface area is 162 Å². The van der Waals surface area contributed by atoms with Gasteiger partial charge in [-0.3, -0.25) is 9.97 Å². The van der Waals surface area contributed by atoms with Gasteiger partial charge in [-0.25, -0.2) is 4.79 Å². The van der Waals surface area contributed by atoms with Crippen molar-refractivity contribution in [2.45, 2.75) is 39.2 Å². The Hall–Kier alpha value is -2.63. The van der Waals surface area contributed by atoms with Gasteiger partial charge in [-0.1, -0.05) is 6.07 Å². The number of carbonyl (C=O) groups excluding carboxylic acids is 1. The van der Waals surface area contributed by atoms with Crippen LogP contribution in [-0.4, -0.2) is 41.3 Å². The van der Waals surface area contributed by atoms with Gasteiger partial charge in [-0.2, -0.15) is 0 Å². The first kappa shape index (κ1) is 20.7. The number of hydrogen-bond acceptors (Lipinski definition) is 5. The highest BCUT2D eigenvalue weighted by atomic mass is 16.6. The van der Waals surface area contributed by atoms with E-state index in [0.717, 1.165) is 25.9 Å². The van der Waals surface area contributed by atoms with Gasteiger partial charge >= 0.3 is 6.09 Å². The molecule has 27 heavy (non-hydrogen) atoms. The number of pyridine rings is 2. The van der Waals surface area contributed by atoms with Crippen molar-refractivity contribution in [1.29, 1.82) is 0 Å². The fourth-order valence-corrected chi connectivity index (χ4v) is 2.79. The predicted molar refractivity (Wildman–Crippen MR) is 108 cm³/mol. The Balaban J connectivity index is 0.000000369. The number of aromatic nitrogens is 2. The summed E-state index contributed by atoms with van der Waals surface area (Å²) in [4.78, 5) is 21.9. The van der Waals surface area contributed by atoms with Crippen LogP contribution in [0.5, 0.6) is 0 Å². The molecule has 3 rings (SSSR count). The minimum Gasteiger partial charge on any atom is -0.444 e. The summed E-state index contributed by atoms with van der Waals surface area (Å²) in [5.74, 6) is 0.519. The number of rotatable bonds is 3. The van der Waals surface area contributed by atoms with Crippen molar-refractivity contribution in [3.8, 4) is 0 Å². The highest BCUT2D eigenvalue weighted by Crippen LogP contribution is 2.22. The molecule has 1 aliphatic heterocycles. The molecule has 1 amide bonds. The average Bonchev–Trinajstić information content (AvgIpc) is 2.68. The Morgan fingerprint density at radius 3 is 2.26 bits per heavy atom. The van der Waals surface area contributed by atoms with Gasteiger partial charge in [0, 0.05) is 38.2 Å². The SMILES string of the molecule is CC(C)(C)OC(=O)NCC1CCN(c2cccnc2)CC1.c1ccncc1. The minimum absolute atomic E-state index is 0.322. The van der Waals surface area contributed by atoms with E-state index in [1.165, 1.54) is 5.69 Å². The van der Waals surface area contributed by atoms with E-state index in [2.05, 4.69) is 26.3 Å². The normalized spacial score (nSPS) is 14.7. The predicted octanol–water partition coefficient (Wildman–Crippen LogP) is 3.90. The highest BCUT2D eigenvalue weighted by molar-refractivity contribution is 5.67. The van der Waals surface area contributed by atoms with Crippen molar-refractivity contribution in [3.05, 3.63) is 55.1 Å². The van der Waals surface area contributed by atoms with Crippen LogP contribution in [0.2, 0.25) is 0 Å². The lowest BCUT2D eigenvalue weighted by atomic mass is 9.96. The summed E-state index contributed by atoms with van der Waals surface area (Å²) in [6, 6.07) is 9.77. The number of ether oxygens (including phenoxy) is 1. The summed E-state index contributed by atoms with van der Waals surface area (Å²) in [5.41, 5.74) is 0.740. The van der Waals surface area contributed by atoms with Crippen LogP contribution in [-0.2, 0) is 4.74 Å². The Bertz CT molecular complexity index is 624. The molecule has 0 aliphatic carbocycles. The fraction of sp³-hybridized carbons (Fsp3) is 0.476. The lowest BCUT2D eigenvalue weighted by molar-refractivity contribution is 0.0517. The molecule has 0 bridgehead atoms.